The van der Waals surface area contributed by atoms with Gasteiger partial charge < -0.3 is 10.4 Å². The molecule has 1 fully saturated rings. The summed E-state index contributed by atoms with van der Waals surface area (Å²) in [4.78, 5) is 9.46. The number of hydrogen-bond acceptors (Lipinski definition) is 6. The summed E-state index contributed by atoms with van der Waals surface area (Å²) < 4.78 is 4.31. The largest absolute Gasteiger partial charge is 0.396 e. The molecule has 0 radical (unpaired) electrons. The lowest BCUT2D eigenvalue weighted by Crippen LogP contribution is -2.17. The van der Waals surface area contributed by atoms with Gasteiger partial charge in [0.25, 0.3) is 0 Å². The van der Waals surface area contributed by atoms with Crippen molar-refractivity contribution in [3.05, 3.63) is 12.0 Å². The van der Waals surface area contributed by atoms with E-state index in [1.807, 2.05) is 6.92 Å². The SMILES string of the molecule is Cc1nsc2ncnc(NCC3(CCO)CC3)c12. The number of fused-ring (bicyclic) bond motifs is 1. The highest BCUT2D eigenvalue weighted by atomic mass is 32.1. The van der Waals surface area contributed by atoms with Crippen LogP contribution in [0.5, 0.6) is 0 Å². The molecule has 1 aliphatic carbocycles. The Balaban J connectivity index is 1.80. The second-order valence-corrected chi connectivity index (χ2v) is 5.75. The topological polar surface area (TPSA) is 70.9 Å². The lowest BCUT2D eigenvalue weighted by molar-refractivity contribution is 0.253. The number of rotatable bonds is 5. The molecule has 6 heteroatoms. The molecule has 3 rings (SSSR count). The van der Waals surface area contributed by atoms with Crippen molar-refractivity contribution >= 4 is 27.6 Å². The average molecular weight is 264 g/mol. The molecule has 1 saturated carbocycles. The Hall–Kier alpha value is -1.27. The Morgan fingerprint density at radius 1 is 1.44 bits per heavy atom. The molecule has 5 nitrogen and oxygen atoms in total. The van der Waals surface area contributed by atoms with Crippen molar-refractivity contribution in [1.29, 1.82) is 0 Å². The molecular formula is C12H16N4OS. The number of aliphatic hydroxyl groups excluding tert-OH is 1. The van der Waals surface area contributed by atoms with E-state index in [0.29, 0.717) is 0 Å². The van der Waals surface area contributed by atoms with Gasteiger partial charge in [0.1, 0.15) is 17.0 Å². The maximum atomic E-state index is 9.06. The third-order valence-corrected chi connectivity index (χ3v) is 4.52. The Morgan fingerprint density at radius 2 is 2.28 bits per heavy atom. The Bertz CT molecular complexity index is 564. The van der Waals surface area contributed by atoms with Crippen molar-refractivity contribution in [3.8, 4) is 0 Å². The summed E-state index contributed by atoms with van der Waals surface area (Å²) in [6, 6.07) is 0. The Labute approximate surface area is 109 Å². The van der Waals surface area contributed by atoms with Crippen molar-refractivity contribution in [2.75, 3.05) is 18.5 Å². The molecule has 0 bridgehead atoms. The fourth-order valence-electron chi connectivity index (χ4n) is 2.26. The zero-order valence-corrected chi connectivity index (χ0v) is 11.1. The van der Waals surface area contributed by atoms with Gasteiger partial charge in [-0.05, 0) is 43.1 Å². The molecular weight excluding hydrogens is 248 g/mol. The van der Waals surface area contributed by atoms with Crippen molar-refractivity contribution in [3.63, 3.8) is 0 Å². The van der Waals surface area contributed by atoms with Crippen molar-refractivity contribution in [1.82, 2.24) is 14.3 Å². The van der Waals surface area contributed by atoms with E-state index in [0.717, 1.165) is 34.7 Å². The number of nitrogens with zero attached hydrogens (tertiary/aromatic N) is 3. The average Bonchev–Trinajstić information content (AvgIpc) is 3.04. The lowest BCUT2D eigenvalue weighted by atomic mass is 10.0. The minimum atomic E-state index is 0.264. The van der Waals surface area contributed by atoms with Gasteiger partial charge in [0.05, 0.1) is 11.1 Å². The third-order valence-electron chi connectivity index (χ3n) is 3.67. The smallest absolute Gasteiger partial charge is 0.149 e. The quantitative estimate of drug-likeness (QED) is 0.864. The van der Waals surface area contributed by atoms with E-state index in [1.54, 1.807) is 6.33 Å². The van der Waals surface area contributed by atoms with Crippen molar-refractivity contribution in [2.24, 2.45) is 5.41 Å². The lowest BCUT2D eigenvalue weighted by Gasteiger charge is -2.15. The van der Waals surface area contributed by atoms with Crippen LogP contribution in [0.15, 0.2) is 6.33 Å². The fourth-order valence-corrected chi connectivity index (χ4v) is 3.00. The van der Waals surface area contributed by atoms with Gasteiger partial charge >= 0.3 is 0 Å². The molecule has 18 heavy (non-hydrogen) atoms. The van der Waals surface area contributed by atoms with Gasteiger partial charge in [-0.15, -0.1) is 0 Å². The third kappa shape index (κ3) is 2.06. The van der Waals surface area contributed by atoms with Crippen LogP contribution >= 0.6 is 11.5 Å². The van der Waals surface area contributed by atoms with Crippen LogP contribution in [0.1, 0.15) is 25.0 Å². The summed E-state index contributed by atoms with van der Waals surface area (Å²) in [7, 11) is 0. The second kappa shape index (κ2) is 4.44. The Morgan fingerprint density at radius 3 is 3.00 bits per heavy atom. The van der Waals surface area contributed by atoms with E-state index in [4.69, 9.17) is 5.11 Å². The van der Waals surface area contributed by atoms with Crippen LogP contribution in [0.2, 0.25) is 0 Å². The molecule has 2 N–H and O–H groups in total. The molecule has 0 aromatic carbocycles. The number of anilines is 1. The summed E-state index contributed by atoms with van der Waals surface area (Å²) in [5, 5.41) is 13.5. The van der Waals surface area contributed by atoms with Crippen LogP contribution in [-0.2, 0) is 0 Å². The zero-order chi connectivity index (χ0) is 12.6. The fraction of sp³-hybridized carbons (Fsp3) is 0.583. The minimum absolute atomic E-state index is 0.264. The zero-order valence-electron chi connectivity index (χ0n) is 10.3. The van der Waals surface area contributed by atoms with Crippen molar-refractivity contribution in [2.45, 2.75) is 26.2 Å². The normalized spacial score (nSPS) is 17.0. The summed E-state index contributed by atoms with van der Waals surface area (Å²) in [6.07, 6.45) is 4.83. The number of aromatic nitrogens is 3. The highest BCUT2D eigenvalue weighted by Crippen LogP contribution is 2.48. The summed E-state index contributed by atoms with van der Waals surface area (Å²) in [5.74, 6) is 0.871. The highest BCUT2D eigenvalue weighted by molar-refractivity contribution is 7.13. The van der Waals surface area contributed by atoms with Crippen molar-refractivity contribution < 1.29 is 5.11 Å². The molecule has 0 unspecified atom stereocenters. The molecule has 2 aromatic heterocycles. The predicted octanol–water partition coefficient (Wildman–Crippen LogP) is 1.97. The van der Waals surface area contributed by atoms with Crippen LogP contribution < -0.4 is 5.32 Å². The van der Waals surface area contributed by atoms with E-state index >= 15 is 0 Å². The van der Waals surface area contributed by atoms with E-state index in [9.17, 15) is 0 Å². The number of nitrogens with one attached hydrogen (secondary N) is 1. The highest BCUT2D eigenvalue weighted by Gasteiger charge is 2.41. The maximum absolute atomic E-state index is 9.06. The van der Waals surface area contributed by atoms with Gasteiger partial charge in [-0.3, -0.25) is 0 Å². The standard InChI is InChI=1S/C12H16N4OS/c1-8-9-10(14-7-15-11(9)18-16-8)13-6-12(2-3-12)4-5-17/h7,17H,2-6H2,1H3,(H,13,14,15). The maximum Gasteiger partial charge on any atom is 0.149 e. The predicted molar refractivity (Wildman–Crippen MR) is 71.8 cm³/mol. The molecule has 2 aromatic rings. The molecule has 0 aliphatic heterocycles. The first kappa shape index (κ1) is 11.8. The van der Waals surface area contributed by atoms with Crippen LogP contribution in [0, 0.1) is 12.3 Å². The van der Waals surface area contributed by atoms with Crippen LogP contribution in [0.4, 0.5) is 5.82 Å². The molecule has 0 atom stereocenters. The first-order valence-corrected chi connectivity index (χ1v) is 6.93. The number of aliphatic hydroxyl groups is 1. The second-order valence-electron chi connectivity index (χ2n) is 5.00. The van der Waals surface area contributed by atoms with Gasteiger partial charge in [-0.2, -0.15) is 4.37 Å². The summed E-state index contributed by atoms with van der Waals surface area (Å²) in [5.41, 5.74) is 1.26. The monoisotopic (exact) mass is 264 g/mol. The molecule has 1 aliphatic rings. The van der Waals surface area contributed by atoms with Gasteiger partial charge in [0, 0.05) is 13.2 Å². The van der Waals surface area contributed by atoms with Crippen LogP contribution in [-0.4, -0.2) is 32.6 Å². The molecule has 0 spiro atoms. The number of hydrogen-bond donors (Lipinski definition) is 2. The summed E-state index contributed by atoms with van der Waals surface area (Å²) >= 11 is 1.41. The molecule has 96 valence electrons. The Kier molecular flexibility index (Phi) is 2.91. The van der Waals surface area contributed by atoms with E-state index in [-0.39, 0.29) is 12.0 Å². The first-order chi connectivity index (χ1) is 8.74. The van der Waals surface area contributed by atoms with Gasteiger partial charge in [-0.25, -0.2) is 9.97 Å². The van der Waals surface area contributed by atoms with Gasteiger partial charge in [-0.1, -0.05) is 0 Å². The summed E-state index contributed by atoms with van der Waals surface area (Å²) in [6.45, 7) is 3.11. The molecule has 0 saturated heterocycles. The van der Waals surface area contributed by atoms with Gasteiger partial charge in [0.2, 0.25) is 0 Å². The van der Waals surface area contributed by atoms with E-state index in [2.05, 4.69) is 19.7 Å². The molecule has 0 amide bonds. The first-order valence-electron chi connectivity index (χ1n) is 6.16. The van der Waals surface area contributed by atoms with Gasteiger partial charge in [0.15, 0.2) is 0 Å². The van der Waals surface area contributed by atoms with E-state index in [1.165, 1.54) is 24.4 Å². The van der Waals surface area contributed by atoms with Crippen LogP contribution in [0.25, 0.3) is 10.2 Å². The van der Waals surface area contributed by atoms with Crippen LogP contribution in [0.3, 0.4) is 0 Å². The van der Waals surface area contributed by atoms with E-state index < -0.39 is 0 Å². The molecule has 2 heterocycles. The number of aryl methyl sites for hydroxylation is 1. The minimum Gasteiger partial charge on any atom is -0.396 e.